The Hall–Kier alpha value is -0.130. The standard InChI is InChI=1S/C14H30N2O2S/c1-5-16(13-8-6-7-12(13)11-15)9-10-19(17,18)14(2,3)4/h12-13H,5-11,15H2,1-4H3. The van der Waals surface area contributed by atoms with Gasteiger partial charge in [-0.15, -0.1) is 0 Å². The highest BCUT2D eigenvalue weighted by Crippen LogP contribution is 2.29. The Bertz CT molecular complexity index is 373. The monoisotopic (exact) mass is 290 g/mol. The molecule has 0 spiro atoms. The van der Waals surface area contributed by atoms with E-state index >= 15 is 0 Å². The van der Waals surface area contributed by atoms with Gasteiger partial charge in [0.25, 0.3) is 0 Å². The van der Waals surface area contributed by atoms with Gasteiger partial charge < -0.3 is 5.73 Å². The summed E-state index contributed by atoms with van der Waals surface area (Å²) >= 11 is 0. The van der Waals surface area contributed by atoms with Gasteiger partial charge in [0.2, 0.25) is 0 Å². The summed E-state index contributed by atoms with van der Waals surface area (Å²) in [7, 11) is -3.03. The van der Waals surface area contributed by atoms with E-state index in [4.69, 9.17) is 5.73 Å². The number of hydrogen-bond acceptors (Lipinski definition) is 4. The molecule has 2 unspecified atom stereocenters. The van der Waals surface area contributed by atoms with Gasteiger partial charge in [-0.1, -0.05) is 13.3 Å². The normalized spacial score (nSPS) is 25.2. The predicted octanol–water partition coefficient (Wildman–Crippen LogP) is 1.65. The van der Waals surface area contributed by atoms with Crippen LogP contribution in [0.1, 0.15) is 47.0 Å². The average Bonchev–Trinajstić information content (AvgIpc) is 2.76. The van der Waals surface area contributed by atoms with Crippen molar-refractivity contribution >= 4 is 9.84 Å². The van der Waals surface area contributed by atoms with Crippen LogP contribution in [0.2, 0.25) is 0 Å². The van der Waals surface area contributed by atoms with E-state index in [1.54, 1.807) is 20.8 Å². The maximum atomic E-state index is 12.2. The summed E-state index contributed by atoms with van der Waals surface area (Å²) in [6.45, 7) is 9.69. The molecular formula is C14H30N2O2S. The molecule has 1 fully saturated rings. The lowest BCUT2D eigenvalue weighted by Crippen LogP contribution is -2.44. The molecule has 1 saturated carbocycles. The zero-order valence-corrected chi connectivity index (χ0v) is 13.7. The molecule has 2 N–H and O–H groups in total. The lowest BCUT2D eigenvalue weighted by atomic mass is 10.0. The smallest absolute Gasteiger partial charge is 0.156 e. The fraction of sp³-hybridized carbons (Fsp3) is 1.00. The minimum absolute atomic E-state index is 0.248. The van der Waals surface area contributed by atoms with E-state index in [-0.39, 0.29) is 5.75 Å². The molecule has 114 valence electrons. The number of hydrogen-bond donors (Lipinski definition) is 1. The van der Waals surface area contributed by atoms with Crippen molar-refractivity contribution in [3.63, 3.8) is 0 Å². The average molecular weight is 290 g/mol. The highest BCUT2D eigenvalue weighted by molar-refractivity contribution is 7.92. The van der Waals surface area contributed by atoms with E-state index in [9.17, 15) is 8.42 Å². The molecule has 4 nitrogen and oxygen atoms in total. The predicted molar refractivity (Wildman–Crippen MR) is 81.0 cm³/mol. The Labute approximate surface area is 118 Å². The van der Waals surface area contributed by atoms with Crippen molar-refractivity contribution < 1.29 is 8.42 Å². The van der Waals surface area contributed by atoms with Gasteiger partial charge >= 0.3 is 0 Å². The molecule has 2 atom stereocenters. The van der Waals surface area contributed by atoms with E-state index in [1.807, 2.05) is 0 Å². The Morgan fingerprint density at radius 1 is 1.26 bits per heavy atom. The first-order chi connectivity index (χ1) is 8.73. The van der Waals surface area contributed by atoms with Gasteiger partial charge in [0.1, 0.15) is 0 Å². The maximum absolute atomic E-state index is 12.2. The quantitative estimate of drug-likeness (QED) is 0.808. The van der Waals surface area contributed by atoms with E-state index in [0.717, 1.165) is 13.0 Å². The minimum Gasteiger partial charge on any atom is -0.330 e. The molecule has 0 aromatic rings. The summed E-state index contributed by atoms with van der Waals surface area (Å²) < 4.78 is 23.7. The molecule has 1 aliphatic carbocycles. The SMILES string of the molecule is CCN(CCS(=O)(=O)C(C)(C)C)C1CCCC1CN. The van der Waals surface area contributed by atoms with Crippen LogP contribution >= 0.6 is 0 Å². The molecule has 1 rings (SSSR count). The highest BCUT2D eigenvalue weighted by atomic mass is 32.2. The van der Waals surface area contributed by atoms with E-state index in [1.165, 1.54) is 12.8 Å². The van der Waals surface area contributed by atoms with Crippen LogP contribution in [-0.2, 0) is 9.84 Å². The third-order valence-electron chi connectivity index (χ3n) is 4.38. The Morgan fingerprint density at radius 2 is 1.89 bits per heavy atom. The molecule has 0 aromatic carbocycles. The largest absolute Gasteiger partial charge is 0.330 e. The van der Waals surface area contributed by atoms with Crippen LogP contribution in [0.5, 0.6) is 0 Å². The number of sulfone groups is 1. The second kappa shape index (κ2) is 6.55. The summed E-state index contributed by atoms with van der Waals surface area (Å²) in [5.41, 5.74) is 5.82. The Kier molecular flexibility index (Phi) is 5.83. The van der Waals surface area contributed by atoms with Crippen LogP contribution in [0.3, 0.4) is 0 Å². The van der Waals surface area contributed by atoms with E-state index < -0.39 is 14.6 Å². The van der Waals surface area contributed by atoms with Crippen molar-refractivity contribution in [2.75, 3.05) is 25.4 Å². The highest BCUT2D eigenvalue weighted by Gasteiger charge is 2.33. The van der Waals surface area contributed by atoms with Crippen molar-refractivity contribution in [2.45, 2.75) is 57.7 Å². The summed E-state index contributed by atoms with van der Waals surface area (Å²) in [6, 6.07) is 0.477. The first-order valence-electron chi connectivity index (χ1n) is 7.39. The molecular weight excluding hydrogens is 260 g/mol. The van der Waals surface area contributed by atoms with Gasteiger partial charge in [0, 0.05) is 12.6 Å². The van der Waals surface area contributed by atoms with Gasteiger partial charge in [-0.05, 0) is 52.6 Å². The van der Waals surface area contributed by atoms with Crippen molar-refractivity contribution in [3.8, 4) is 0 Å². The third kappa shape index (κ3) is 4.17. The Balaban J connectivity index is 2.64. The van der Waals surface area contributed by atoms with Crippen LogP contribution in [0.4, 0.5) is 0 Å². The van der Waals surface area contributed by atoms with Crippen molar-refractivity contribution in [2.24, 2.45) is 11.7 Å². The van der Waals surface area contributed by atoms with Gasteiger partial charge in [-0.25, -0.2) is 8.42 Å². The van der Waals surface area contributed by atoms with Crippen LogP contribution in [0.25, 0.3) is 0 Å². The number of nitrogens with zero attached hydrogens (tertiary/aromatic N) is 1. The molecule has 0 heterocycles. The third-order valence-corrected chi connectivity index (χ3v) is 6.96. The molecule has 5 heteroatoms. The van der Waals surface area contributed by atoms with Gasteiger partial charge in [0.15, 0.2) is 9.84 Å². The molecule has 0 saturated heterocycles. The van der Waals surface area contributed by atoms with E-state index in [2.05, 4.69) is 11.8 Å². The second-order valence-corrected chi connectivity index (χ2v) is 9.42. The van der Waals surface area contributed by atoms with Crippen LogP contribution in [-0.4, -0.2) is 49.5 Å². The maximum Gasteiger partial charge on any atom is 0.156 e. The minimum atomic E-state index is -3.03. The van der Waals surface area contributed by atoms with Crippen molar-refractivity contribution in [1.82, 2.24) is 4.90 Å². The molecule has 0 aliphatic heterocycles. The van der Waals surface area contributed by atoms with E-state index in [0.29, 0.717) is 25.0 Å². The first kappa shape index (κ1) is 16.9. The lowest BCUT2D eigenvalue weighted by molar-refractivity contribution is 0.180. The molecule has 0 bridgehead atoms. The summed E-state index contributed by atoms with van der Waals surface area (Å²) in [6.07, 6.45) is 3.56. The van der Waals surface area contributed by atoms with Crippen LogP contribution in [0, 0.1) is 5.92 Å². The molecule has 1 aliphatic rings. The second-order valence-electron chi connectivity index (χ2n) is 6.55. The van der Waals surface area contributed by atoms with Gasteiger partial charge in [-0.2, -0.15) is 0 Å². The topological polar surface area (TPSA) is 63.4 Å². The van der Waals surface area contributed by atoms with Crippen molar-refractivity contribution in [3.05, 3.63) is 0 Å². The fourth-order valence-electron chi connectivity index (χ4n) is 2.87. The lowest BCUT2D eigenvalue weighted by Gasteiger charge is -2.32. The number of rotatable bonds is 6. The zero-order valence-electron chi connectivity index (χ0n) is 12.9. The summed E-state index contributed by atoms with van der Waals surface area (Å²) in [4.78, 5) is 2.31. The first-order valence-corrected chi connectivity index (χ1v) is 9.04. The van der Waals surface area contributed by atoms with Crippen LogP contribution < -0.4 is 5.73 Å². The Morgan fingerprint density at radius 3 is 2.37 bits per heavy atom. The molecule has 19 heavy (non-hydrogen) atoms. The van der Waals surface area contributed by atoms with Gasteiger partial charge in [-0.3, -0.25) is 4.90 Å². The zero-order chi connectivity index (χ0) is 14.7. The van der Waals surface area contributed by atoms with Gasteiger partial charge in [0.05, 0.1) is 10.5 Å². The fourth-order valence-corrected chi connectivity index (χ4v) is 3.96. The van der Waals surface area contributed by atoms with Crippen molar-refractivity contribution in [1.29, 1.82) is 0 Å². The summed E-state index contributed by atoms with van der Waals surface area (Å²) in [5, 5.41) is 0. The van der Waals surface area contributed by atoms with Crippen LogP contribution in [0.15, 0.2) is 0 Å². The number of nitrogens with two attached hydrogens (primary N) is 1. The molecule has 0 aromatic heterocycles. The molecule has 0 amide bonds. The summed E-state index contributed by atoms with van der Waals surface area (Å²) in [5.74, 6) is 0.787. The molecule has 0 radical (unpaired) electrons.